The van der Waals surface area contributed by atoms with Gasteiger partial charge in [0.2, 0.25) is 0 Å². The molecule has 0 saturated carbocycles. The molecule has 1 N–H and O–H groups in total. The number of hydrogen-bond donors (Lipinski definition) is 1. The van der Waals surface area contributed by atoms with Crippen LogP contribution in [0.2, 0.25) is 0 Å². The smallest absolute Gasteiger partial charge is 0.0818 e. The third-order valence-electron chi connectivity index (χ3n) is 3.47. The maximum atomic E-state index is 10.2. The Morgan fingerprint density at radius 3 is 2.18 bits per heavy atom. The summed E-state index contributed by atoms with van der Waals surface area (Å²) in [6, 6.07) is 8.19. The average Bonchev–Trinajstić information content (AvgIpc) is 2.35. The molecule has 0 radical (unpaired) electrons. The molecule has 0 fully saturated rings. The van der Waals surface area contributed by atoms with Gasteiger partial charge in [-0.2, -0.15) is 0 Å². The number of aliphatic hydroxyl groups excluding tert-OH is 1. The van der Waals surface area contributed by atoms with Crippen molar-refractivity contribution in [3.8, 4) is 0 Å². The molecule has 1 aromatic carbocycles. The van der Waals surface area contributed by atoms with Gasteiger partial charge in [-0.05, 0) is 29.4 Å². The molecule has 0 amide bonds. The van der Waals surface area contributed by atoms with E-state index in [1.165, 1.54) is 5.56 Å². The molecule has 2 unspecified atom stereocenters. The average molecular weight is 236 g/mol. The zero-order valence-electron chi connectivity index (χ0n) is 11.3. The van der Waals surface area contributed by atoms with E-state index in [0.29, 0.717) is 5.92 Å². The Hall–Kier alpha value is -0.860. The first-order chi connectivity index (χ1) is 8.06. The lowest BCUT2D eigenvalue weighted by Gasteiger charge is -2.22. The van der Waals surface area contributed by atoms with Crippen LogP contribution in [0.25, 0.3) is 0 Å². The Morgan fingerprint density at radius 2 is 1.71 bits per heavy atom. The minimum atomic E-state index is -0.369. The van der Waals surface area contributed by atoms with E-state index in [0.717, 1.165) is 18.6 Å². The molecular weight excluding hydrogens is 212 g/mol. The summed E-state index contributed by atoms with van der Waals surface area (Å²) in [4.78, 5) is 0. The molecule has 0 spiro atoms. The van der Waals surface area contributed by atoms with Crippen molar-refractivity contribution >= 4 is 0 Å². The van der Waals surface area contributed by atoms with Crippen molar-refractivity contribution in [1.29, 1.82) is 0 Å². The minimum absolute atomic E-state index is 0.278. The first kappa shape index (κ1) is 14.2. The van der Waals surface area contributed by atoms with E-state index >= 15 is 0 Å². The van der Waals surface area contributed by atoms with E-state index in [-0.39, 0.29) is 12.0 Å². The Labute approximate surface area is 105 Å². The van der Waals surface area contributed by atoms with Crippen LogP contribution in [0, 0.1) is 11.8 Å². The van der Waals surface area contributed by atoms with Crippen LogP contribution in [0.3, 0.4) is 0 Å². The maximum Gasteiger partial charge on any atom is 0.0818 e. The van der Waals surface area contributed by atoms with Crippen molar-refractivity contribution in [2.24, 2.45) is 11.8 Å². The Kier molecular flexibility index (Phi) is 5.66. The van der Waals surface area contributed by atoms with Gasteiger partial charge in [0, 0.05) is 7.11 Å². The van der Waals surface area contributed by atoms with Gasteiger partial charge in [0.15, 0.2) is 0 Å². The van der Waals surface area contributed by atoms with Crippen molar-refractivity contribution in [3.63, 3.8) is 0 Å². The number of aliphatic hydroxyl groups is 1. The lowest BCUT2D eigenvalue weighted by Crippen LogP contribution is -2.14. The lowest BCUT2D eigenvalue weighted by atomic mass is 9.88. The molecule has 0 saturated heterocycles. The van der Waals surface area contributed by atoms with Crippen molar-refractivity contribution < 1.29 is 9.84 Å². The van der Waals surface area contributed by atoms with E-state index in [1.54, 1.807) is 7.11 Å². The van der Waals surface area contributed by atoms with E-state index < -0.39 is 0 Å². The Balaban J connectivity index is 2.66. The van der Waals surface area contributed by atoms with Gasteiger partial charge in [-0.3, -0.25) is 0 Å². The summed E-state index contributed by atoms with van der Waals surface area (Å²) in [6.45, 7) is 7.11. The van der Waals surface area contributed by atoms with Crippen LogP contribution >= 0.6 is 0 Å². The summed E-state index contributed by atoms with van der Waals surface area (Å²) in [5.74, 6) is 0.762. The van der Waals surface area contributed by atoms with Gasteiger partial charge < -0.3 is 9.84 Å². The lowest BCUT2D eigenvalue weighted by molar-refractivity contribution is 0.0921. The molecule has 1 rings (SSSR count). The molecule has 0 bridgehead atoms. The van der Waals surface area contributed by atoms with Crippen LogP contribution < -0.4 is 0 Å². The predicted octanol–water partition coefficient (Wildman–Crippen LogP) is 3.20. The number of ether oxygens (including phenoxy) is 1. The molecular formula is C15H24O2. The molecule has 17 heavy (non-hydrogen) atoms. The first-order valence-electron chi connectivity index (χ1n) is 6.32. The monoisotopic (exact) mass is 236 g/mol. The maximum absolute atomic E-state index is 10.2. The molecule has 2 nitrogen and oxygen atoms in total. The fourth-order valence-corrected chi connectivity index (χ4v) is 1.77. The van der Waals surface area contributed by atoms with Crippen molar-refractivity contribution in [3.05, 3.63) is 35.4 Å². The summed E-state index contributed by atoms with van der Waals surface area (Å²) in [6.07, 6.45) is 0.554. The zero-order valence-corrected chi connectivity index (χ0v) is 11.3. The summed E-state index contributed by atoms with van der Waals surface area (Å²) in [5.41, 5.74) is 2.26. The number of methoxy groups -OCH3 is 1. The Bertz CT molecular complexity index is 316. The van der Waals surface area contributed by atoms with Gasteiger partial charge in [-0.25, -0.2) is 0 Å². The summed E-state index contributed by atoms with van der Waals surface area (Å²) < 4.78 is 5.04. The molecule has 0 aliphatic rings. The van der Waals surface area contributed by atoms with Crippen molar-refractivity contribution in [2.75, 3.05) is 13.7 Å². The molecule has 0 heterocycles. The molecule has 0 aliphatic heterocycles. The Morgan fingerprint density at radius 1 is 1.12 bits per heavy atom. The highest BCUT2D eigenvalue weighted by atomic mass is 16.5. The highest BCUT2D eigenvalue weighted by Gasteiger charge is 2.19. The second-order valence-electron chi connectivity index (χ2n) is 5.03. The van der Waals surface area contributed by atoms with E-state index in [9.17, 15) is 5.11 Å². The van der Waals surface area contributed by atoms with Crippen LogP contribution in [0.4, 0.5) is 0 Å². The van der Waals surface area contributed by atoms with Crippen molar-refractivity contribution in [2.45, 2.75) is 33.3 Å². The molecule has 2 heteroatoms. The number of hydrogen-bond acceptors (Lipinski definition) is 2. The summed E-state index contributed by atoms with van der Waals surface area (Å²) >= 11 is 0. The zero-order chi connectivity index (χ0) is 12.8. The SMILES string of the molecule is COCCc1ccc(C(O)C(C)C(C)C)cc1. The summed E-state index contributed by atoms with van der Waals surface area (Å²) in [7, 11) is 1.71. The van der Waals surface area contributed by atoms with Gasteiger partial charge in [0.1, 0.15) is 0 Å². The highest BCUT2D eigenvalue weighted by Crippen LogP contribution is 2.27. The van der Waals surface area contributed by atoms with Crippen LogP contribution in [-0.2, 0) is 11.2 Å². The van der Waals surface area contributed by atoms with Crippen LogP contribution in [0.15, 0.2) is 24.3 Å². The standard InChI is InChI=1S/C15H24O2/c1-11(2)12(3)15(16)14-7-5-13(6-8-14)9-10-17-4/h5-8,11-12,15-16H,9-10H2,1-4H3. The quantitative estimate of drug-likeness (QED) is 0.822. The summed E-state index contributed by atoms with van der Waals surface area (Å²) in [5, 5.41) is 10.2. The fraction of sp³-hybridized carbons (Fsp3) is 0.600. The normalized spacial score (nSPS) is 14.9. The topological polar surface area (TPSA) is 29.5 Å². The van der Waals surface area contributed by atoms with Gasteiger partial charge in [0.25, 0.3) is 0 Å². The van der Waals surface area contributed by atoms with Crippen LogP contribution in [0.1, 0.15) is 38.0 Å². The molecule has 2 atom stereocenters. The first-order valence-corrected chi connectivity index (χ1v) is 6.32. The number of rotatable bonds is 6. The second-order valence-corrected chi connectivity index (χ2v) is 5.03. The van der Waals surface area contributed by atoms with Crippen molar-refractivity contribution in [1.82, 2.24) is 0 Å². The van der Waals surface area contributed by atoms with Crippen LogP contribution in [-0.4, -0.2) is 18.8 Å². The molecule has 0 aromatic heterocycles. The largest absolute Gasteiger partial charge is 0.388 e. The second kappa shape index (κ2) is 6.77. The van der Waals surface area contributed by atoms with Crippen LogP contribution in [0.5, 0.6) is 0 Å². The molecule has 1 aromatic rings. The van der Waals surface area contributed by atoms with E-state index in [2.05, 4.69) is 32.9 Å². The van der Waals surface area contributed by atoms with Gasteiger partial charge in [0.05, 0.1) is 12.7 Å². The predicted molar refractivity (Wildman–Crippen MR) is 71.0 cm³/mol. The van der Waals surface area contributed by atoms with E-state index in [1.807, 2.05) is 12.1 Å². The minimum Gasteiger partial charge on any atom is -0.388 e. The van der Waals surface area contributed by atoms with Gasteiger partial charge in [-0.15, -0.1) is 0 Å². The molecule has 96 valence electrons. The highest BCUT2D eigenvalue weighted by molar-refractivity contribution is 5.24. The third kappa shape index (κ3) is 4.14. The van der Waals surface area contributed by atoms with Gasteiger partial charge >= 0.3 is 0 Å². The fourth-order valence-electron chi connectivity index (χ4n) is 1.77. The van der Waals surface area contributed by atoms with E-state index in [4.69, 9.17) is 4.74 Å². The number of benzene rings is 1. The molecule has 0 aliphatic carbocycles. The third-order valence-corrected chi connectivity index (χ3v) is 3.47. The van der Waals surface area contributed by atoms with Gasteiger partial charge in [-0.1, -0.05) is 45.0 Å².